The molecule has 0 aliphatic carbocycles. The molecular weight excluding hydrogens is 196 g/mol. The number of benzene rings is 1. The van der Waals surface area contributed by atoms with Crippen molar-refractivity contribution in [1.29, 1.82) is 0 Å². The van der Waals surface area contributed by atoms with Gasteiger partial charge in [-0.2, -0.15) is 0 Å². The molecule has 0 amide bonds. The van der Waals surface area contributed by atoms with Gasteiger partial charge < -0.3 is 4.74 Å². The Kier molecular flexibility index (Phi) is 4.00. The number of hydrogen-bond donors (Lipinski definition) is 0. The lowest BCUT2D eigenvalue weighted by Gasteiger charge is -2.22. The Hall–Kier alpha value is -0.820. The molecule has 1 nitrogen and oxygen atoms in total. The van der Waals surface area contributed by atoms with E-state index in [4.69, 9.17) is 4.74 Å². The Morgan fingerprint density at radius 2 is 1.75 bits per heavy atom. The minimum absolute atomic E-state index is 0.636. The second-order valence-corrected chi connectivity index (χ2v) is 5.16. The topological polar surface area (TPSA) is 9.23 Å². The fraction of sp³-hybridized carbons (Fsp3) is 0.600. The van der Waals surface area contributed by atoms with Crippen LogP contribution in [0.15, 0.2) is 24.3 Å². The summed E-state index contributed by atoms with van der Waals surface area (Å²) < 4.78 is 5.39. The van der Waals surface area contributed by atoms with Crippen molar-refractivity contribution in [2.45, 2.75) is 39.0 Å². The van der Waals surface area contributed by atoms with E-state index >= 15 is 0 Å². The SMILES string of the molecule is CC(C)c1ccc(CC2CCOCC2)cc1. The van der Waals surface area contributed by atoms with E-state index in [-0.39, 0.29) is 0 Å². The molecule has 1 heterocycles. The van der Waals surface area contributed by atoms with Crippen LogP contribution < -0.4 is 0 Å². The van der Waals surface area contributed by atoms with Gasteiger partial charge in [-0.1, -0.05) is 38.1 Å². The maximum atomic E-state index is 5.39. The number of ether oxygens (including phenoxy) is 1. The third kappa shape index (κ3) is 3.08. The summed E-state index contributed by atoms with van der Waals surface area (Å²) in [5.41, 5.74) is 2.92. The summed E-state index contributed by atoms with van der Waals surface area (Å²) in [4.78, 5) is 0. The summed E-state index contributed by atoms with van der Waals surface area (Å²) in [6.45, 7) is 6.39. The van der Waals surface area contributed by atoms with Gasteiger partial charge in [0.05, 0.1) is 0 Å². The van der Waals surface area contributed by atoms with E-state index in [1.807, 2.05) is 0 Å². The first-order valence-corrected chi connectivity index (χ1v) is 6.42. The van der Waals surface area contributed by atoms with E-state index < -0.39 is 0 Å². The van der Waals surface area contributed by atoms with Crippen molar-refractivity contribution in [1.82, 2.24) is 0 Å². The van der Waals surface area contributed by atoms with Crippen molar-refractivity contribution >= 4 is 0 Å². The second-order valence-electron chi connectivity index (χ2n) is 5.16. The van der Waals surface area contributed by atoms with Crippen LogP contribution in [-0.2, 0) is 11.2 Å². The smallest absolute Gasteiger partial charge is 0.0468 e. The van der Waals surface area contributed by atoms with Crippen LogP contribution in [0.2, 0.25) is 0 Å². The molecule has 1 aliphatic heterocycles. The Morgan fingerprint density at radius 1 is 1.12 bits per heavy atom. The van der Waals surface area contributed by atoms with Gasteiger partial charge in [-0.25, -0.2) is 0 Å². The van der Waals surface area contributed by atoms with Gasteiger partial charge in [0, 0.05) is 13.2 Å². The molecule has 0 N–H and O–H groups in total. The lowest BCUT2D eigenvalue weighted by molar-refractivity contribution is 0.0665. The summed E-state index contributed by atoms with van der Waals surface area (Å²) >= 11 is 0. The predicted molar refractivity (Wildman–Crippen MR) is 67.8 cm³/mol. The van der Waals surface area contributed by atoms with Crippen LogP contribution >= 0.6 is 0 Å². The van der Waals surface area contributed by atoms with Crippen LogP contribution in [0.1, 0.15) is 43.7 Å². The lowest BCUT2D eigenvalue weighted by Crippen LogP contribution is -2.17. The summed E-state index contributed by atoms with van der Waals surface area (Å²) in [5.74, 6) is 1.47. The molecule has 0 aromatic heterocycles. The molecule has 1 aromatic carbocycles. The first-order valence-electron chi connectivity index (χ1n) is 6.42. The van der Waals surface area contributed by atoms with Gasteiger partial charge in [0.25, 0.3) is 0 Å². The van der Waals surface area contributed by atoms with Crippen LogP contribution in [-0.4, -0.2) is 13.2 Å². The Bertz CT molecular complexity index is 307. The maximum Gasteiger partial charge on any atom is 0.0468 e. The number of hydrogen-bond acceptors (Lipinski definition) is 1. The molecule has 1 saturated heterocycles. The van der Waals surface area contributed by atoms with Crippen molar-refractivity contribution in [2.75, 3.05) is 13.2 Å². The van der Waals surface area contributed by atoms with E-state index in [1.54, 1.807) is 0 Å². The molecule has 1 aromatic rings. The standard InChI is InChI=1S/C15H22O/c1-12(2)15-5-3-13(4-6-15)11-14-7-9-16-10-8-14/h3-6,12,14H,7-11H2,1-2H3. The van der Waals surface area contributed by atoms with E-state index in [0.29, 0.717) is 5.92 Å². The average Bonchev–Trinajstić information content (AvgIpc) is 2.31. The molecule has 1 fully saturated rings. The highest BCUT2D eigenvalue weighted by molar-refractivity contribution is 5.25. The summed E-state index contributed by atoms with van der Waals surface area (Å²) in [6, 6.07) is 9.15. The van der Waals surface area contributed by atoms with Crippen molar-refractivity contribution < 1.29 is 4.74 Å². The average molecular weight is 218 g/mol. The van der Waals surface area contributed by atoms with Crippen molar-refractivity contribution in [2.24, 2.45) is 5.92 Å². The molecule has 0 saturated carbocycles. The van der Waals surface area contributed by atoms with E-state index in [9.17, 15) is 0 Å². The van der Waals surface area contributed by atoms with Crippen LogP contribution in [0.5, 0.6) is 0 Å². The maximum absolute atomic E-state index is 5.39. The minimum Gasteiger partial charge on any atom is -0.381 e. The summed E-state index contributed by atoms with van der Waals surface area (Å²) in [7, 11) is 0. The van der Waals surface area contributed by atoms with Crippen LogP contribution in [0, 0.1) is 5.92 Å². The molecule has 1 aliphatic rings. The fourth-order valence-corrected chi connectivity index (χ4v) is 2.32. The fourth-order valence-electron chi connectivity index (χ4n) is 2.32. The van der Waals surface area contributed by atoms with Crippen molar-refractivity contribution in [3.05, 3.63) is 35.4 Å². The molecule has 16 heavy (non-hydrogen) atoms. The van der Waals surface area contributed by atoms with Gasteiger partial charge in [-0.3, -0.25) is 0 Å². The molecular formula is C15H22O. The molecule has 0 bridgehead atoms. The van der Waals surface area contributed by atoms with Crippen molar-refractivity contribution in [3.63, 3.8) is 0 Å². The zero-order chi connectivity index (χ0) is 11.4. The highest BCUT2D eigenvalue weighted by Gasteiger charge is 2.14. The van der Waals surface area contributed by atoms with Gasteiger partial charge in [0.15, 0.2) is 0 Å². The summed E-state index contributed by atoms with van der Waals surface area (Å²) in [6.07, 6.45) is 3.68. The molecule has 1 heteroatoms. The monoisotopic (exact) mass is 218 g/mol. The van der Waals surface area contributed by atoms with E-state index in [2.05, 4.69) is 38.1 Å². The Morgan fingerprint density at radius 3 is 2.31 bits per heavy atom. The third-order valence-electron chi connectivity index (χ3n) is 3.51. The highest BCUT2D eigenvalue weighted by atomic mass is 16.5. The quantitative estimate of drug-likeness (QED) is 0.750. The summed E-state index contributed by atoms with van der Waals surface area (Å²) in [5, 5.41) is 0. The first-order chi connectivity index (χ1) is 7.75. The molecule has 0 unspecified atom stereocenters. The van der Waals surface area contributed by atoms with Crippen molar-refractivity contribution in [3.8, 4) is 0 Å². The molecule has 88 valence electrons. The van der Waals surface area contributed by atoms with E-state index in [1.165, 1.54) is 30.4 Å². The molecule has 0 atom stereocenters. The van der Waals surface area contributed by atoms with Gasteiger partial charge in [0.2, 0.25) is 0 Å². The normalized spacial score (nSPS) is 17.9. The lowest BCUT2D eigenvalue weighted by atomic mass is 9.91. The Balaban J connectivity index is 1.93. The minimum atomic E-state index is 0.636. The van der Waals surface area contributed by atoms with Crippen LogP contribution in [0.25, 0.3) is 0 Å². The first kappa shape index (κ1) is 11.7. The van der Waals surface area contributed by atoms with Crippen LogP contribution in [0.3, 0.4) is 0 Å². The zero-order valence-corrected chi connectivity index (χ0v) is 10.4. The molecule has 2 rings (SSSR count). The van der Waals surface area contributed by atoms with Gasteiger partial charge in [-0.05, 0) is 42.2 Å². The third-order valence-corrected chi connectivity index (χ3v) is 3.51. The molecule has 0 spiro atoms. The second kappa shape index (κ2) is 5.49. The van der Waals surface area contributed by atoms with Crippen LogP contribution in [0.4, 0.5) is 0 Å². The van der Waals surface area contributed by atoms with Gasteiger partial charge >= 0.3 is 0 Å². The zero-order valence-electron chi connectivity index (χ0n) is 10.4. The largest absolute Gasteiger partial charge is 0.381 e. The molecule has 0 radical (unpaired) electrons. The van der Waals surface area contributed by atoms with Gasteiger partial charge in [0.1, 0.15) is 0 Å². The number of rotatable bonds is 3. The Labute approximate surface area is 98.8 Å². The predicted octanol–water partition coefficient (Wildman–Crippen LogP) is 3.78. The highest BCUT2D eigenvalue weighted by Crippen LogP contribution is 2.21. The van der Waals surface area contributed by atoms with E-state index in [0.717, 1.165) is 19.1 Å². The van der Waals surface area contributed by atoms with Gasteiger partial charge in [-0.15, -0.1) is 0 Å².